The van der Waals surface area contributed by atoms with Gasteiger partial charge >= 0.3 is 6.09 Å². The second-order valence-corrected chi connectivity index (χ2v) is 15.6. The van der Waals surface area contributed by atoms with E-state index in [1.807, 2.05) is 24.9 Å². The van der Waals surface area contributed by atoms with Crippen molar-refractivity contribution in [2.75, 3.05) is 20.2 Å². The molecule has 10 heteroatoms. The van der Waals surface area contributed by atoms with E-state index in [4.69, 9.17) is 9.72 Å². The van der Waals surface area contributed by atoms with Crippen LogP contribution in [0.5, 0.6) is 0 Å². The monoisotopic (exact) mass is 711 g/mol. The number of rotatable bonds is 9. The number of H-pyrrole nitrogens is 2. The predicted octanol–water partition coefficient (Wildman–Crippen LogP) is 8.51. The van der Waals surface area contributed by atoms with Gasteiger partial charge in [0.1, 0.15) is 17.7 Å². The number of likely N-dealkylation sites (tertiary alicyclic amines) is 1. The van der Waals surface area contributed by atoms with E-state index < -0.39 is 12.1 Å². The maximum atomic E-state index is 13.9. The molecule has 2 bridgehead atoms. The van der Waals surface area contributed by atoms with Gasteiger partial charge in [-0.15, -0.1) is 0 Å². The highest BCUT2D eigenvalue weighted by molar-refractivity contribution is 5.88. The Hall–Kier alpha value is -4.96. The number of ether oxygens (including phenoxy) is 1. The molecule has 4 heterocycles. The maximum Gasteiger partial charge on any atom is 0.407 e. The van der Waals surface area contributed by atoms with E-state index in [-0.39, 0.29) is 17.9 Å². The van der Waals surface area contributed by atoms with Crippen molar-refractivity contribution in [3.8, 4) is 33.5 Å². The normalized spacial score (nSPS) is 23.0. The molecular weight excluding hydrogens is 663 g/mol. The molecule has 2 saturated heterocycles. The summed E-state index contributed by atoms with van der Waals surface area (Å²) in [7, 11) is 1.33. The molecule has 10 nitrogen and oxygen atoms in total. The standard InChI is InChI=1S/C43H49N7O3/c1-4-24(2)39(49-43(52)53-3)42(51)50-20-6-8-36(50)41-46-32-18-15-27(22-34(32)47-41)31-17-16-30(37-28-13-14-29(21-28)38(31)37)25-9-11-26(12-10-25)35-23-45-40(48-35)33-7-5-19-44-33/h9-12,15-18,22-24,28-29,33,36,39,44H,4-8,13-14,19-21H2,1-3H3,(H,45,48)(H,46,47)(H,49,52)/t24?,28?,29?,33-,36?,39-/m0/s1. The molecule has 3 aromatic carbocycles. The van der Waals surface area contributed by atoms with Crippen molar-refractivity contribution in [2.24, 2.45) is 5.92 Å². The van der Waals surface area contributed by atoms with Crippen LogP contribution in [0.2, 0.25) is 0 Å². The number of methoxy groups -OCH3 is 1. The van der Waals surface area contributed by atoms with E-state index in [1.54, 1.807) is 0 Å². The van der Waals surface area contributed by atoms with Crippen molar-refractivity contribution < 1.29 is 14.3 Å². The van der Waals surface area contributed by atoms with Crippen molar-refractivity contribution in [1.82, 2.24) is 35.5 Å². The van der Waals surface area contributed by atoms with Gasteiger partial charge < -0.3 is 30.2 Å². The molecule has 2 aliphatic carbocycles. The molecule has 4 aliphatic rings. The first-order valence-electron chi connectivity index (χ1n) is 19.6. The van der Waals surface area contributed by atoms with Gasteiger partial charge in [0.05, 0.1) is 42.1 Å². The third-order valence-electron chi connectivity index (χ3n) is 12.6. The largest absolute Gasteiger partial charge is 0.453 e. The fourth-order valence-corrected chi connectivity index (χ4v) is 9.65. The van der Waals surface area contributed by atoms with Crippen LogP contribution in [0.4, 0.5) is 4.79 Å². The lowest BCUT2D eigenvalue weighted by molar-refractivity contribution is -0.135. The van der Waals surface area contributed by atoms with Gasteiger partial charge in [0.15, 0.2) is 0 Å². The Labute approximate surface area is 310 Å². The van der Waals surface area contributed by atoms with Crippen LogP contribution in [0.25, 0.3) is 44.5 Å². The summed E-state index contributed by atoms with van der Waals surface area (Å²) in [6.07, 6.45) is 9.90. The molecule has 53 heavy (non-hydrogen) atoms. The highest BCUT2D eigenvalue weighted by Gasteiger charge is 2.41. The van der Waals surface area contributed by atoms with Gasteiger partial charge in [-0.25, -0.2) is 14.8 Å². The molecule has 0 spiro atoms. The average molecular weight is 712 g/mol. The second-order valence-electron chi connectivity index (χ2n) is 15.6. The summed E-state index contributed by atoms with van der Waals surface area (Å²) in [6, 6.07) is 19.7. The van der Waals surface area contributed by atoms with Gasteiger partial charge in [-0.05, 0) is 120 Å². The quantitative estimate of drug-likeness (QED) is 0.121. The molecule has 5 aromatic rings. The van der Waals surface area contributed by atoms with E-state index in [0.29, 0.717) is 24.4 Å². The Morgan fingerprint density at radius 1 is 0.906 bits per heavy atom. The van der Waals surface area contributed by atoms with Crippen LogP contribution in [0.1, 0.15) is 112 Å². The Bertz CT molecular complexity index is 2160. The van der Waals surface area contributed by atoms with Crippen LogP contribution in [-0.2, 0) is 9.53 Å². The molecule has 4 N–H and O–H groups in total. The number of hydrogen-bond donors (Lipinski definition) is 4. The molecule has 1 saturated carbocycles. The average Bonchev–Trinajstić information content (AvgIpc) is 4.05. The maximum absolute atomic E-state index is 13.9. The minimum absolute atomic E-state index is 0.0294. The lowest BCUT2D eigenvalue weighted by atomic mass is 9.81. The lowest BCUT2D eigenvalue weighted by Crippen LogP contribution is -2.51. The fourth-order valence-electron chi connectivity index (χ4n) is 9.65. The van der Waals surface area contributed by atoms with Gasteiger partial charge in [-0.2, -0.15) is 0 Å². The number of nitrogens with zero attached hydrogens (tertiary/aromatic N) is 3. The Balaban J connectivity index is 0.996. The first kappa shape index (κ1) is 33.8. The summed E-state index contributed by atoms with van der Waals surface area (Å²) >= 11 is 0. The van der Waals surface area contributed by atoms with Crippen molar-refractivity contribution in [2.45, 2.75) is 95.2 Å². The van der Waals surface area contributed by atoms with Gasteiger partial charge in [-0.1, -0.05) is 62.7 Å². The number of imidazole rings is 2. The first-order chi connectivity index (χ1) is 25.9. The zero-order valence-corrected chi connectivity index (χ0v) is 30.9. The summed E-state index contributed by atoms with van der Waals surface area (Å²) < 4.78 is 4.85. The van der Waals surface area contributed by atoms with Crippen LogP contribution >= 0.6 is 0 Å². The lowest BCUT2D eigenvalue weighted by Gasteiger charge is -2.30. The number of nitrogens with one attached hydrogen (secondary N) is 4. The smallest absolute Gasteiger partial charge is 0.407 e. The zero-order valence-electron chi connectivity index (χ0n) is 30.9. The molecular formula is C43H49N7O3. The number of fused-ring (bicyclic) bond motifs is 6. The zero-order chi connectivity index (χ0) is 36.2. The van der Waals surface area contributed by atoms with Crippen LogP contribution in [0, 0.1) is 5.92 Å². The van der Waals surface area contributed by atoms with Gasteiger partial charge in [-0.3, -0.25) is 4.79 Å². The van der Waals surface area contributed by atoms with Gasteiger partial charge in [0.25, 0.3) is 0 Å². The Morgan fingerprint density at radius 2 is 1.64 bits per heavy atom. The number of carbonyl (C=O) groups excluding carboxylic acids is 2. The molecule has 6 atom stereocenters. The Kier molecular flexibility index (Phi) is 8.81. The van der Waals surface area contributed by atoms with Crippen LogP contribution < -0.4 is 10.6 Å². The van der Waals surface area contributed by atoms with Crippen LogP contribution in [0.15, 0.2) is 60.8 Å². The number of hydrogen-bond acceptors (Lipinski definition) is 6. The highest BCUT2D eigenvalue weighted by atomic mass is 16.5. The number of alkyl carbamates (subject to hydrolysis) is 1. The van der Waals surface area contributed by atoms with E-state index >= 15 is 0 Å². The second kappa shape index (κ2) is 13.8. The third-order valence-corrected chi connectivity index (χ3v) is 12.6. The van der Waals surface area contributed by atoms with Gasteiger partial charge in [0, 0.05) is 6.54 Å². The predicted molar refractivity (Wildman–Crippen MR) is 206 cm³/mol. The molecule has 2 amide bonds. The van der Waals surface area contributed by atoms with Crippen LogP contribution in [-0.4, -0.2) is 63.1 Å². The SMILES string of the molecule is CCC(C)[C@H](NC(=O)OC)C(=O)N1CCCC1c1nc2cc(-c3ccc(-c4ccc(-c5cnc([C@@H]6CCCN6)[nH]5)cc4)c4c3C3CCC4C3)ccc2[nH]1. The summed E-state index contributed by atoms with van der Waals surface area (Å²) in [5, 5.41) is 6.33. The van der Waals surface area contributed by atoms with Crippen molar-refractivity contribution >= 4 is 23.0 Å². The number of amides is 2. The third kappa shape index (κ3) is 6.01. The minimum atomic E-state index is -0.647. The van der Waals surface area contributed by atoms with Gasteiger partial charge in [0.2, 0.25) is 5.91 Å². The summed E-state index contributed by atoms with van der Waals surface area (Å²) in [5.41, 5.74) is 12.3. The van der Waals surface area contributed by atoms with E-state index in [9.17, 15) is 9.59 Å². The molecule has 9 rings (SSSR count). The first-order valence-corrected chi connectivity index (χ1v) is 19.6. The molecule has 3 fully saturated rings. The summed E-state index contributed by atoms with van der Waals surface area (Å²) in [4.78, 5) is 44.8. The Morgan fingerprint density at radius 3 is 2.36 bits per heavy atom. The molecule has 0 radical (unpaired) electrons. The van der Waals surface area contributed by atoms with Crippen molar-refractivity contribution in [1.29, 1.82) is 0 Å². The van der Waals surface area contributed by atoms with E-state index in [1.165, 1.54) is 66.2 Å². The van der Waals surface area contributed by atoms with Crippen LogP contribution in [0.3, 0.4) is 0 Å². The molecule has 2 aliphatic heterocycles. The number of carbonyl (C=O) groups is 2. The number of benzene rings is 3. The van der Waals surface area contributed by atoms with Crippen molar-refractivity contribution in [3.05, 3.63) is 83.6 Å². The topological polar surface area (TPSA) is 128 Å². The summed E-state index contributed by atoms with van der Waals surface area (Å²) in [5.74, 6) is 2.90. The summed E-state index contributed by atoms with van der Waals surface area (Å²) in [6.45, 7) is 5.71. The van der Waals surface area contributed by atoms with E-state index in [0.717, 1.165) is 66.2 Å². The number of aromatic nitrogens is 4. The number of aromatic amines is 2. The molecule has 2 aromatic heterocycles. The molecule has 4 unspecified atom stereocenters. The van der Waals surface area contributed by atoms with Crippen molar-refractivity contribution in [3.63, 3.8) is 0 Å². The molecule has 274 valence electrons. The minimum Gasteiger partial charge on any atom is -0.453 e. The highest BCUT2D eigenvalue weighted by Crippen LogP contribution is 2.58. The van der Waals surface area contributed by atoms with E-state index in [2.05, 4.69) is 80.2 Å². The fraction of sp³-hybridized carbons (Fsp3) is 0.442.